The van der Waals surface area contributed by atoms with Crippen molar-refractivity contribution in [2.24, 2.45) is 0 Å². The van der Waals surface area contributed by atoms with Crippen LogP contribution >= 0.6 is 0 Å². The van der Waals surface area contributed by atoms with Gasteiger partial charge in [-0.1, -0.05) is 60.7 Å². The summed E-state index contributed by atoms with van der Waals surface area (Å²) in [7, 11) is -4.07. The van der Waals surface area contributed by atoms with Crippen molar-refractivity contribution < 1.29 is 18.1 Å². The van der Waals surface area contributed by atoms with Gasteiger partial charge in [0, 0.05) is 44.9 Å². The Hall–Kier alpha value is -4.02. The summed E-state index contributed by atoms with van der Waals surface area (Å²) in [6.45, 7) is 2.67. The lowest BCUT2D eigenvalue weighted by Gasteiger charge is -2.35. The van der Waals surface area contributed by atoms with E-state index in [1.165, 1.54) is 36.4 Å². The monoisotopic (exact) mass is 520 g/mol. The van der Waals surface area contributed by atoms with E-state index >= 15 is 0 Å². The zero-order valence-electron chi connectivity index (χ0n) is 20.2. The number of hydrogen-bond donors (Lipinski definition) is 0. The van der Waals surface area contributed by atoms with Gasteiger partial charge in [-0.05, 0) is 29.8 Å². The van der Waals surface area contributed by atoms with Gasteiger partial charge in [0.05, 0.1) is 15.5 Å². The van der Waals surface area contributed by atoms with E-state index in [2.05, 4.69) is 17.1 Å². The highest BCUT2D eigenvalue weighted by Gasteiger charge is 2.30. The molecule has 0 saturated carbocycles. The first-order chi connectivity index (χ1) is 17.8. The molecular formula is C27H28N4O5S. The van der Waals surface area contributed by atoms with Gasteiger partial charge in [-0.15, -0.1) is 0 Å². The molecule has 0 N–H and O–H groups in total. The van der Waals surface area contributed by atoms with Crippen molar-refractivity contribution in [1.82, 2.24) is 9.80 Å². The van der Waals surface area contributed by atoms with Gasteiger partial charge >= 0.3 is 0 Å². The van der Waals surface area contributed by atoms with E-state index in [1.54, 1.807) is 23.1 Å². The third-order valence-electron chi connectivity index (χ3n) is 6.16. The zero-order valence-corrected chi connectivity index (χ0v) is 21.0. The Bertz CT molecular complexity index is 1340. The minimum absolute atomic E-state index is 0.0381. The molecule has 0 aromatic heterocycles. The van der Waals surface area contributed by atoms with Crippen LogP contribution in [0.15, 0.2) is 95.9 Å². The summed E-state index contributed by atoms with van der Waals surface area (Å²) in [6, 6.07) is 23.0. The van der Waals surface area contributed by atoms with Crippen LogP contribution in [0, 0.1) is 10.1 Å². The molecule has 3 aromatic carbocycles. The minimum atomic E-state index is -4.07. The maximum Gasteiger partial charge on any atom is 0.269 e. The molecule has 1 aliphatic rings. The third kappa shape index (κ3) is 6.60. The lowest BCUT2D eigenvalue weighted by Crippen LogP contribution is -2.51. The fourth-order valence-electron chi connectivity index (χ4n) is 4.08. The summed E-state index contributed by atoms with van der Waals surface area (Å²) in [4.78, 5) is 27.7. The Morgan fingerprint density at radius 2 is 1.49 bits per heavy atom. The number of rotatable bonds is 9. The standard InChI is InChI=1S/C27H28N4O5S/c32-27(29-20-18-28(19-21-29)17-7-10-23-8-3-1-4-9-23)22-30(24-13-15-25(16-14-24)31(33)34)37(35,36)26-11-5-2-6-12-26/h1-16H,17-22H2/b10-7+. The molecule has 1 saturated heterocycles. The van der Waals surface area contributed by atoms with Gasteiger partial charge in [0.25, 0.3) is 15.7 Å². The molecule has 9 nitrogen and oxygen atoms in total. The van der Waals surface area contributed by atoms with Gasteiger partial charge < -0.3 is 4.90 Å². The topological polar surface area (TPSA) is 104 Å². The van der Waals surface area contributed by atoms with E-state index in [9.17, 15) is 23.3 Å². The smallest absolute Gasteiger partial charge is 0.269 e. The van der Waals surface area contributed by atoms with Crippen molar-refractivity contribution >= 4 is 33.4 Å². The second-order valence-electron chi connectivity index (χ2n) is 8.59. The second-order valence-corrected chi connectivity index (χ2v) is 10.5. The molecule has 192 valence electrons. The molecule has 0 atom stereocenters. The lowest BCUT2D eigenvalue weighted by molar-refractivity contribution is -0.384. The van der Waals surface area contributed by atoms with E-state index in [0.29, 0.717) is 26.2 Å². The highest BCUT2D eigenvalue weighted by atomic mass is 32.2. The molecule has 4 rings (SSSR count). The Balaban J connectivity index is 1.44. The molecule has 0 bridgehead atoms. The first-order valence-electron chi connectivity index (χ1n) is 11.9. The molecule has 1 aliphatic heterocycles. The van der Waals surface area contributed by atoms with E-state index < -0.39 is 21.5 Å². The van der Waals surface area contributed by atoms with Crippen LogP contribution in [-0.4, -0.2) is 68.3 Å². The molecule has 0 aliphatic carbocycles. The van der Waals surface area contributed by atoms with Gasteiger partial charge in [0.2, 0.25) is 5.91 Å². The van der Waals surface area contributed by atoms with Gasteiger partial charge in [-0.3, -0.25) is 24.1 Å². The van der Waals surface area contributed by atoms with E-state index in [0.717, 1.165) is 16.4 Å². The largest absolute Gasteiger partial charge is 0.339 e. The number of nitrogens with zero attached hydrogens (tertiary/aromatic N) is 4. The molecule has 0 spiro atoms. The summed E-state index contributed by atoms with van der Waals surface area (Å²) < 4.78 is 27.9. The number of hydrogen-bond acceptors (Lipinski definition) is 6. The Morgan fingerprint density at radius 3 is 2.08 bits per heavy atom. The van der Waals surface area contributed by atoms with Gasteiger partial charge in [0.15, 0.2) is 0 Å². The molecule has 37 heavy (non-hydrogen) atoms. The normalized spacial score (nSPS) is 14.5. The fraction of sp³-hybridized carbons (Fsp3) is 0.222. The lowest BCUT2D eigenvalue weighted by atomic mass is 10.2. The predicted octanol–water partition coefficient (Wildman–Crippen LogP) is 3.65. The van der Waals surface area contributed by atoms with Crippen molar-refractivity contribution in [3.8, 4) is 0 Å². The molecular weight excluding hydrogens is 492 g/mol. The van der Waals surface area contributed by atoms with Crippen molar-refractivity contribution in [3.05, 3.63) is 107 Å². The highest BCUT2D eigenvalue weighted by molar-refractivity contribution is 7.92. The van der Waals surface area contributed by atoms with Crippen LogP contribution < -0.4 is 4.31 Å². The van der Waals surface area contributed by atoms with Crippen LogP contribution in [0.25, 0.3) is 6.08 Å². The van der Waals surface area contributed by atoms with Gasteiger partial charge in [0.1, 0.15) is 6.54 Å². The van der Waals surface area contributed by atoms with Crippen LogP contribution in [0.5, 0.6) is 0 Å². The number of carbonyl (C=O) groups is 1. The second kappa shape index (κ2) is 11.8. The number of benzene rings is 3. The molecule has 0 unspecified atom stereocenters. The Kier molecular flexibility index (Phi) is 8.32. The molecule has 1 amide bonds. The zero-order chi connectivity index (χ0) is 26.3. The predicted molar refractivity (Wildman–Crippen MR) is 143 cm³/mol. The maximum absolute atomic E-state index is 13.5. The van der Waals surface area contributed by atoms with Crippen LogP contribution in [0.3, 0.4) is 0 Å². The summed E-state index contributed by atoms with van der Waals surface area (Å²) in [5.41, 5.74) is 1.15. The number of nitro benzene ring substituents is 1. The number of nitro groups is 1. The number of non-ortho nitro benzene ring substituents is 1. The van der Waals surface area contributed by atoms with Gasteiger partial charge in [-0.25, -0.2) is 8.42 Å². The van der Waals surface area contributed by atoms with Crippen molar-refractivity contribution in [3.63, 3.8) is 0 Å². The molecule has 1 heterocycles. The fourth-order valence-corrected chi connectivity index (χ4v) is 5.52. The maximum atomic E-state index is 13.5. The average molecular weight is 521 g/mol. The molecule has 10 heteroatoms. The minimum Gasteiger partial charge on any atom is -0.339 e. The number of amides is 1. The van der Waals surface area contributed by atoms with Crippen molar-refractivity contribution in [2.75, 3.05) is 43.6 Å². The van der Waals surface area contributed by atoms with E-state index in [-0.39, 0.29) is 22.2 Å². The SMILES string of the molecule is O=C(CN(c1ccc([N+](=O)[O-])cc1)S(=O)(=O)c1ccccc1)N1CCN(C/C=C/c2ccccc2)CC1. The van der Waals surface area contributed by atoms with Crippen LogP contribution in [0.4, 0.5) is 11.4 Å². The summed E-state index contributed by atoms with van der Waals surface area (Å²) >= 11 is 0. The Morgan fingerprint density at radius 1 is 0.892 bits per heavy atom. The van der Waals surface area contributed by atoms with Crippen molar-refractivity contribution in [2.45, 2.75) is 4.90 Å². The van der Waals surface area contributed by atoms with Gasteiger partial charge in [-0.2, -0.15) is 0 Å². The average Bonchev–Trinajstić information content (AvgIpc) is 2.93. The summed E-state index contributed by atoms with van der Waals surface area (Å²) in [5.74, 6) is -0.322. The van der Waals surface area contributed by atoms with Crippen LogP contribution in [0.2, 0.25) is 0 Å². The Labute approximate surface area is 216 Å². The first kappa shape index (κ1) is 26.1. The summed E-state index contributed by atoms with van der Waals surface area (Å²) in [5, 5.41) is 11.1. The molecule has 3 aromatic rings. The summed E-state index contributed by atoms with van der Waals surface area (Å²) in [6.07, 6.45) is 4.16. The molecule has 1 fully saturated rings. The molecule has 0 radical (unpaired) electrons. The van der Waals surface area contributed by atoms with Crippen LogP contribution in [-0.2, 0) is 14.8 Å². The van der Waals surface area contributed by atoms with E-state index in [4.69, 9.17) is 0 Å². The van der Waals surface area contributed by atoms with Crippen molar-refractivity contribution in [1.29, 1.82) is 0 Å². The highest BCUT2D eigenvalue weighted by Crippen LogP contribution is 2.26. The third-order valence-corrected chi connectivity index (χ3v) is 7.95. The number of anilines is 1. The number of piperazine rings is 1. The first-order valence-corrected chi connectivity index (χ1v) is 13.3. The van der Waals surface area contributed by atoms with Crippen LogP contribution in [0.1, 0.15) is 5.56 Å². The quantitative estimate of drug-likeness (QED) is 0.315. The van der Waals surface area contributed by atoms with E-state index in [1.807, 2.05) is 30.3 Å². The number of sulfonamides is 1. The number of carbonyl (C=O) groups excluding carboxylic acids is 1.